The quantitative estimate of drug-likeness (QED) is 0.528. The topological polar surface area (TPSA) is 61.2 Å². The third-order valence-electron chi connectivity index (χ3n) is 0.582. The Hall–Kier alpha value is -1.12. The van der Waals surface area contributed by atoms with Gasteiger partial charge in [-0.05, 0) is 5.57 Å². The number of hydrogen-bond acceptors (Lipinski definition) is 2. The summed E-state index contributed by atoms with van der Waals surface area (Å²) < 4.78 is 0. The Kier molecular flexibility index (Phi) is 2.54. The molecular weight excluding hydrogens is 106 g/mol. The first-order chi connectivity index (χ1) is 3.66. The normalized spacial score (nSPS) is 8.00. The van der Waals surface area contributed by atoms with Gasteiger partial charge in [0.15, 0.2) is 0 Å². The lowest BCUT2D eigenvalue weighted by atomic mass is 10.2. The molecule has 0 bridgehead atoms. The molecule has 2 N–H and O–H groups in total. The predicted octanol–water partition coefficient (Wildman–Crippen LogP) is 0.667. The lowest BCUT2D eigenvalue weighted by Gasteiger charge is -1.87. The molecule has 0 aliphatic rings. The molecule has 0 rings (SSSR count). The second-order valence-corrected chi connectivity index (χ2v) is 1.37. The standard InChI is InChI=1S/C5H7NO2/c1-4(3-6)2-5(7)8/h3,6H,1-2H2,(H,7,8). The van der Waals surface area contributed by atoms with Crippen LogP contribution in [0.15, 0.2) is 12.2 Å². The molecular formula is C5H7NO2. The van der Waals surface area contributed by atoms with Crippen molar-refractivity contribution in [3.8, 4) is 0 Å². The van der Waals surface area contributed by atoms with Gasteiger partial charge in [-0.1, -0.05) is 6.58 Å². The van der Waals surface area contributed by atoms with E-state index >= 15 is 0 Å². The highest BCUT2D eigenvalue weighted by Crippen LogP contribution is 1.90. The van der Waals surface area contributed by atoms with Crippen LogP contribution in [0.4, 0.5) is 0 Å². The molecule has 8 heavy (non-hydrogen) atoms. The summed E-state index contributed by atoms with van der Waals surface area (Å²) in [6, 6.07) is 0. The van der Waals surface area contributed by atoms with Crippen LogP contribution in [0.2, 0.25) is 0 Å². The molecule has 44 valence electrons. The highest BCUT2D eigenvalue weighted by atomic mass is 16.4. The smallest absolute Gasteiger partial charge is 0.307 e. The van der Waals surface area contributed by atoms with Crippen LogP contribution in [0, 0.1) is 5.41 Å². The maximum absolute atomic E-state index is 9.80. The number of carboxylic acid groups (broad SMARTS) is 1. The Morgan fingerprint density at radius 3 is 2.50 bits per heavy atom. The maximum atomic E-state index is 9.80. The minimum absolute atomic E-state index is 0.135. The van der Waals surface area contributed by atoms with E-state index in [1.165, 1.54) is 0 Å². The van der Waals surface area contributed by atoms with Crippen molar-refractivity contribution in [1.82, 2.24) is 0 Å². The van der Waals surface area contributed by atoms with Gasteiger partial charge in [0.25, 0.3) is 0 Å². The summed E-state index contributed by atoms with van der Waals surface area (Å²) in [5.41, 5.74) is 0.317. The van der Waals surface area contributed by atoms with Crippen molar-refractivity contribution in [2.75, 3.05) is 0 Å². The summed E-state index contributed by atoms with van der Waals surface area (Å²) in [5, 5.41) is 14.6. The zero-order valence-corrected chi connectivity index (χ0v) is 4.35. The van der Waals surface area contributed by atoms with Gasteiger partial charge in [-0.3, -0.25) is 4.79 Å². The molecule has 0 spiro atoms. The Morgan fingerprint density at radius 2 is 2.38 bits per heavy atom. The van der Waals surface area contributed by atoms with Gasteiger partial charge in [-0.15, -0.1) is 0 Å². The van der Waals surface area contributed by atoms with E-state index in [1.54, 1.807) is 0 Å². The summed E-state index contributed by atoms with van der Waals surface area (Å²) in [6.45, 7) is 3.29. The van der Waals surface area contributed by atoms with Gasteiger partial charge in [0.2, 0.25) is 0 Å². The molecule has 3 heteroatoms. The second kappa shape index (κ2) is 2.96. The Morgan fingerprint density at radius 1 is 1.88 bits per heavy atom. The van der Waals surface area contributed by atoms with E-state index in [0.29, 0.717) is 5.57 Å². The summed E-state index contributed by atoms with van der Waals surface area (Å²) in [4.78, 5) is 9.80. The van der Waals surface area contributed by atoms with E-state index in [9.17, 15) is 4.79 Å². The van der Waals surface area contributed by atoms with Crippen LogP contribution < -0.4 is 0 Å². The van der Waals surface area contributed by atoms with Gasteiger partial charge < -0.3 is 10.5 Å². The van der Waals surface area contributed by atoms with Crippen LogP contribution in [-0.2, 0) is 4.79 Å². The Bertz CT molecular complexity index is 128. The third-order valence-corrected chi connectivity index (χ3v) is 0.582. The Labute approximate surface area is 47.2 Å². The zero-order chi connectivity index (χ0) is 6.57. The van der Waals surface area contributed by atoms with Crippen molar-refractivity contribution in [1.29, 1.82) is 5.41 Å². The van der Waals surface area contributed by atoms with E-state index in [-0.39, 0.29) is 6.42 Å². The zero-order valence-electron chi connectivity index (χ0n) is 4.35. The van der Waals surface area contributed by atoms with Crippen LogP contribution in [-0.4, -0.2) is 17.3 Å². The molecule has 0 aromatic rings. The Balaban J connectivity index is 3.55. The largest absolute Gasteiger partial charge is 0.481 e. The minimum Gasteiger partial charge on any atom is -0.481 e. The molecule has 0 aromatic carbocycles. The van der Waals surface area contributed by atoms with E-state index in [4.69, 9.17) is 10.5 Å². The number of nitrogens with one attached hydrogen (secondary N) is 1. The SMILES string of the molecule is C=C(C=N)CC(=O)O. The molecule has 0 aliphatic carbocycles. The molecule has 0 amide bonds. The first-order valence-electron chi connectivity index (χ1n) is 2.07. The van der Waals surface area contributed by atoms with Gasteiger partial charge in [0.1, 0.15) is 0 Å². The number of rotatable bonds is 3. The van der Waals surface area contributed by atoms with Gasteiger partial charge in [0.05, 0.1) is 6.42 Å². The van der Waals surface area contributed by atoms with Crippen molar-refractivity contribution < 1.29 is 9.90 Å². The molecule has 0 unspecified atom stereocenters. The fourth-order valence-corrected chi connectivity index (χ4v) is 0.245. The van der Waals surface area contributed by atoms with Gasteiger partial charge in [0, 0.05) is 6.21 Å². The molecule has 0 atom stereocenters. The summed E-state index contributed by atoms with van der Waals surface area (Å²) >= 11 is 0. The van der Waals surface area contributed by atoms with E-state index in [0.717, 1.165) is 6.21 Å². The van der Waals surface area contributed by atoms with Crippen LogP contribution in [0.25, 0.3) is 0 Å². The van der Waals surface area contributed by atoms with Crippen molar-refractivity contribution in [2.24, 2.45) is 0 Å². The van der Waals surface area contributed by atoms with Crippen molar-refractivity contribution in [3.63, 3.8) is 0 Å². The number of carbonyl (C=O) groups is 1. The molecule has 0 heterocycles. The molecule has 0 radical (unpaired) electrons. The fourth-order valence-electron chi connectivity index (χ4n) is 0.245. The molecule has 0 saturated carbocycles. The van der Waals surface area contributed by atoms with Crippen LogP contribution >= 0.6 is 0 Å². The third kappa shape index (κ3) is 3.08. The van der Waals surface area contributed by atoms with Crippen LogP contribution in [0.1, 0.15) is 6.42 Å². The highest BCUT2D eigenvalue weighted by molar-refractivity contribution is 5.83. The number of aliphatic carboxylic acids is 1. The van der Waals surface area contributed by atoms with Gasteiger partial charge >= 0.3 is 5.97 Å². The average molecular weight is 113 g/mol. The maximum Gasteiger partial charge on any atom is 0.307 e. The van der Waals surface area contributed by atoms with Gasteiger partial charge in [-0.2, -0.15) is 0 Å². The van der Waals surface area contributed by atoms with Crippen molar-refractivity contribution >= 4 is 12.2 Å². The summed E-state index contributed by atoms with van der Waals surface area (Å²) in [6.07, 6.45) is 0.803. The molecule has 0 fully saturated rings. The van der Waals surface area contributed by atoms with E-state index in [1.807, 2.05) is 0 Å². The summed E-state index contributed by atoms with van der Waals surface area (Å²) in [7, 11) is 0. The predicted molar refractivity (Wildman–Crippen MR) is 30.2 cm³/mol. The molecule has 3 nitrogen and oxygen atoms in total. The monoisotopic (exact) mass is 113 g/mol. The van der Waals surface area contributed by atoms with E-state index < -0.39 is 5.97 Å². The minimum atomic E-state index is -0.946. The van der Waals surface area contributed by atoms with Crippen LogP contribution in [0.3, 0.4) is 0 Å². The summed E-state index contributed by atoms with van der Waals surface area (Å²) in [5.74, 6) is -0.946. The number of carboxylic acids is 1. The lowest BCUT2D eigenvalue weighted by Crippen LogP contribution is -1.95. The number of hydrogen-bond donors (Lipinski definition) is 2. The fraction of sp³-hybridized carbons (Fsp3) is 0.200. The lowest BCUT2D eigenvalue weighted by molar-refractivity contribution is -0.136. The molecule has 0 saturated heterocycles. The second-order valence-electron chi connectivity index (χ2n) is 1.37. The van der Waals surface area contributed by atoms with E-state index in [2.05, 4.69) is 6.58 Å². The van der Waals surface area contributed by atoms with Gasteiger partial charge in [-0.25, -0.2) is 0 Å². The van der Waals surface area contributed by atoms with Crippen molar-refractivity contribution in [3.05, 3.63) is 12.2 Å². The first-order valence-corrected chi connectivity index (χ1v) is 2.07. The van der Waals surface area contributed by atoms with Crippen LogP contribution in [0.5, 0.6) is 0 Å². The molecule has 0 aliphatic heterocycles. The highest BCUT2D eigenvalue weighted by Gasteiger charge is 1.95. The van der Waals surface area contributed by atoms with Crippen molar-refractivity contribution in [2.45, 2.75) is 6.42 Å². The molecule has 0 aromatic heterocycles. The first kappa shape index (κ1) is 6.88. The average Bonchev–Trinajstić information content (AvgIpc) is 1.65.